The molecule has 5 rings (SSSR count). The minimum atomic E-state index is -0.269. The van der Waals surface area contributed by atoms with Gasteiger partial charge in [0.25, 0.3) is 0 Å². The van der Waals surface area contributed by atoms with Crippen molar-refractivity contribution in [3.8, 4) is 6.07 Å². The van der Waals surface area contributed by atoms with Gasteiger partial charge in [-0.15, -0.1) is 0 Å². The predicted octanol–water partition coefficient (Wildman–Crippen LogP) is 3.74. The van der Waals surface area contributed by atoms with Crippen molar-refractivity contribution < 1.29 is 9.59 Å². The van der Waals surface area contributed by atoms with E-state index in [1.165, 1.54) is 0 Å². The molecule has 2 aromatic heterocycles. The van der Waals surface area contributed by atoms with Crippen LogP contribution in [0.4, 0.5) is 0 Å². The van der Waals surface area contributed by atoms with Crippen LogP contribution in [0.15, 0.2) is 60.8 Å². The molecule has 0 atom stereocenters. The fourth-order valence-corrected chi connectivity index (χ4v) is 3.63. The molecule has 0 saturated heterocycles. The zero-order valence-electron chi connectivity index (χ0n) is 13.0. The molecule has 2 heterocycles. The van der Waals surface area contributed by atoms with Crippen LogP contribution in [0.1, 0.15) is 37.5 Å². The maximum atomic E-state index is 13.1. The lowest BCUT2D eigenvalue weighted by Crippen LogP contribution is -2.21. The number of carbonyl (C=O) groups is 2. The molecule has 0 aliphatic heterocycles. The zero-order chi connectivity index (χ0) is 17.1. The van der Waals surface area contributed by atoms with Crippen LogP contribution in [0, 0.1) is 11.3 Å². The number of ketones is 2. The molecule has 0 saturated carbocycles. The number of rotatable bonds is 0. The van der Waals surface area contributed by atoms with Crippen molar-refractivity contribution in [1.29, 1.82) is 5.26 Å². The molecule has 0 amide bonds. The molecule has 2 aromatic carbocycles. The van der Waals surface area contributed by atoms with Crippen molar-refractivity contribution in [2.24, 2.45) is 0 Å². The molecular formula is C21H10N2O2. The molecule has 1 aliphatic carbocycles. The molecule has 0 unspecified atom stereocenters. The number of aromatic nitrogens is 1. The Morgan fingerprint density at radius 3 is 2.20 bits per heavy atom. The molecule has 0 bridgehead atoms. The summed E-state index contributed by atoms with van der Waals surface area (Å²) in [6.45, 7) is 0. The third-order valence-corrected chi connectivity index (χ3v) is 4.77. The molecule has 1 aliphatic rings. The number of pyridine rings is 1. The third kappa shape index (κ3) is 1.64. The minimum Gasteiger partial charge on any atom is -0.311 e. The van der Waals surface area contributed by atoms with E-state index < -0.39 is 0 Å². The van der Waals surface area contributed by atoms with Crippen LogP contribution in [-0.4, -0.2) is 16.0 Å². The van der Waals surface area contributed by atoms with E-state index >= 15 is 0 Å². The highest BCUT2D eigenvalue weighted by Gasteiger charge is 2.35. The predicted molar refractivity (Wildman–Crippen MR) is 92.9 cm³/mol. The Labute approximate surface area is 142 Å². The molecule has 0 fully saturated rings. The van der Waals surface area contributed by atoms with Crippen molar-refractivity contribution in [3.05, 3.63) is 88.7 Å². The van der Waals surface area contributed by atoms with Gasteiger partial charge in [0.15, 0.2) is 5.78 Å². The number of benzene rings is 2. The smallest absolute Gasteiger partial charge is 0.211 e. The van der Waals surface area contributed by atoms with E-state index in [4.69, 9.17) is 0 Å². The first-order valence-electron chi connectivity index (χ1n) is 7.86. The lowest BCUT2D eigenvalue weighted by molar-refractivity contribution is 0.0975. The van der Waals surface area contributed by atoms with Gasteiger partial charge in [-0.05, 0) is 16.8 Å². The molecule has 0 spiro atoms. The normalized spacial score (nSPS) is 12.9. The van der Waals surface area contributed by atoms with Crippen LogP contribution in [0.2, 0.25) is 0 Å². The summed E-state index contributed by atoms with van der Waals surface area (Å²) in [5.74, 6) is -0.494. The van der Waals surface area contributed by atoms with E-state index in [0.29, 0.717) is 16.6 Å². The maximum absolute atomic E-state index is 13.1. The highest BCUT2D eigenvalue weighted by molar-refractivity contribution is 6.29. The number of hydrogen-bond donors (Lipinski definition) is 0. The Hall–Kier alpha value is -3.71. The summed E-state index contributed by atoms with van der Waals surface area (Å²) in [5, 5.41) is 11.6. The molecule has 116 valence electrons. The van der Waals surface area contributed by atoms with Crippen LogP contribution in [0.3, 0.4) is 0 Å². The highest BCUT2D eigenvalue weighted by atomic mass is 16.1. The zero-order valence-corrected chi connectivity index (χ0v) is 13.0. The molecule has 4 nitrogen and oxygen atoms in total. The number of nitriles is 1. The average molecular weight is 322 g/mol. The lowest BCUT2D eigenvalue weighted by Gasteiger charge is -2.15. The molecular weight excluding hydrogens is 312 g/mol. The SMILES string of the molecule is N#Cc1c2c(n3cc4ccccc4cc13)C(=O)c1ccccc1C2=O. The van der Waals surface area contributed by atoms with Gasteiger partial charge in [0.2, 0.25) is 5.78 Å². The summed E-state index contributed by atoms with van der Waals surface area (Å²) in [5.41, 5.74) is 2.07. The number of fused-ring (bicyclic) bond motifs is 5. The summed E-state index contributed by atoms with van der Waals surface area (Å²) in [6, 6.07) is 18.5. The van der Waals surface area contributed by atoms with Crippen molar-refractivity contribution >= 4 is 27.9 Å². The van der Waals surface area contributed by atoms with Gasteiger partial charge in [0.05, 0.1) is 16.6 Å². The second-order valence-corrected chi connectivity index (χ2v) is 6.07. The molecule has 25 heavy (non-hydrogen) atoms. The van der Waals surface area contributed by atoms with Gasteiger partial charge < -0.3 is 4.40 Å². The van der Waals surface area contributed by atoms with Crippen molar-refractivity contribution in [2.75, 3.05) is 0 Å². The first-order valence-corrected chi connectivity index (χ1v) is 7.86. The summed E-state index contributed by atoms with van der Waals surface area (Å²) >= 11 is 0. The van der Waals surface area contributed by atoms with Gasteiger partial charge in [-0.3, -0.25) is 9.59 Å². The van der Waals surface area contributed by atoms with Crippen molar-refractivity contribution in [1.82, 2.24) is 4.40 Å². The third-order valence-electron chi connectivity index (χ3n) is 4.77. The second kappa shape index (κ2) is 4.65. The van der Waals surface area contributed by atoms with Gasteiger partial charge in [-0.25, -0.2) is 0 Å². The summed E-state index contributed by atoms with van der Waals surface area (Å²) in [6.07, 6.45) is 1.82. The van der Waals surface area contributed by atoms with Crippen LogP contribution in [0.5, 0.6) is 0 Å². The van der Waals surface area contributed by atoms with E-state index in [0.717, 1.165) is 10.8 Å². The fraction of sp³-hybridized carbons (Fsp3) is 0. The summed E-state index contributed by atoms with van der Waals surface area (Å²) < 4.78 is 1.69. The first kappa shape index (κ1) is 13.7. The average Bonchev–Trinajstić information content (AvgIpc) is 2.98. The minimum absolute atomic E-state index is 0.210. The van der Waals surface area contributed by atoms with Gasteiger partial charge >= 0.3 is 0 Å². The topological polar surface area (TPSA) is 62.3 Å². The first-order chi connectivity index (χ1) is 12.2. The van der Waals surface area contributed by atoms with E-state index in [2.05, 4.69) is 6.07 Å². The Balaban J connectivity index is 1.99. The van der Waals surface area contributed by atoms with Crippen molar-refractivity contribution in [3.63, 3.8) is 0 Å². The van der Waals surface area contributed by atoms with Crippen LogP contribution >= 0.6 is 0 Å². The van der Waals surface area contributed by atoms with E-state index in [9.17, 15) is 14.9 Å². The van der Waals surface area contributed by atoms with Crippen LogP contribution < -0.4 is 0 Å². The van der Waals surface area contributed by atoms with Gasteiger partial charge in [-0.1, -0.05) is 48.5 Å². The molecule has 0 radical (unpaired) electrons. The van der Waals surface area contributed by atoms with Crippen molar-refractivity contribution in [2.45, 2.75) is 0 Å². The highest BCUT2D eigenvalue weighted by Crippen LogP contribution is 2.34. The Morgan fingerprint density at radius 2 is 1.48 bits per heavy atom. The largest absolute Gasteiger partial charge is 0.311 e. The number of hydrogen-bond acceptors (Lipinski definition) is 3. The quantitative estimate of drug-likeness (QED) is 0.436. The Kier molecular flexibility index (Phi) is 2.55. The fourth-order valence-electron chi connectivity index (χ4n) is 3.63. The Morgan fingerprint density at radius 1 is 0.840 bits per heavy atom. The van der Waals surface area contributed by atoms with Gasteiger partial charge in [0, 0.05) is 17.3 Å². The van der Waals surface area contributed by atoms with Crippen LogP contribution in [-0.2, 0) is 0 Å². The maximum Gasteiger partial charge on any atom is 0.211 e. The lowest BCUT2D eigenvalue weighted by atomic mass is 9.86. The monoisotopic (exact) mass is 322 g/mol. The number of carbonyl (C=O) groups excluding carboxylic acids is 2. The summed E-state index contributed by atoms with van der Waals surface area (Å²) in [7, 11) is 0. The standard InChI is InChI=1S/C21H10N2O2/c22-10-16-17-9-12-5-1-2-6-13(12)11-23(17)19-18(16)20(24)14-7-3-4-8-15(14)21(19)25/h1-9,11H. The van der Waals surface area contributed by atoms with Gasteiger partial charge in [-0.2, -0.15) is 5.26 Å². The van der Waals surface area contributed by atoms with Gasteiger partial charge in [0.1, 0.15) is 11.8 Å². The molecule has 4 heteroatoms. The summed E-state index contributed by atoms with van der Waals surface area (Å²) in [4.78, 5) is 26.0. The van der Waals surface area contributed by atoms with E-state index in [-0.39, 0.29) is 28.4 Å². The van der Waals surface area contributed by atoms with E-state index in [1.54, 1.807) is 28.7 Å². The molecule has 4 aromatic rings. The van der Waals surface area contributed by atoms with E-state index in [1.807, 2.05) is 36.5 Å². The van der Waals surface area contributed by atoms with Crippen LogP contribution in [0.25, 0.3) is 16.3 Å². The second-order valence-electron chi connectivity index (χ2n) is 6.07. The number of nitrogens with zero attached hydrogens (tertiary/aromatic N) is 2. The molecule has 0 N–H and O–H groups in total. The Bertz CT molecular complexity index is 1290.